The molecule has 5 nitrogen and oxygen atoms in total. The average Bonchev–Trinajstić information content (AvgIpc) is 3.42. The molecule has 4 rings (SSSR count). The summed E-state index contributed by atoms with van der Waals surface area (Å²) in [6.07, 6.45) is 4.56. The highest BCUT2D eigenvalue weighted by atomic mass is 32.2. The maximum atomic E-state index is 10.4. The summed E-state index contributed by atoms with van der Waals surface area (Å²) in [5.74, 6) is 3.08. The van der Waals surface area contributed by atoms with Gasteiger partial charge in [-0.15, -0.1) is 5.10 Å². The zero-order valence-corrected chi connectivity index (χ0v) is 16.2. The summed E-state index contributed by atoms with van der Waals surface area (Å²) >= 11 is 1.57. The summed E-state index contributed by atoms with van der Waals surface area (Å²) in [6.45, 7) is 5.29. The molecule has 1 aromatic carbocycles. The molecule has 1 saturated heterocycles. The molecule has 0 spiro atoms. The van der Waals surface area contributed by atoms with Crippen LogP contribution in [0.2, 0.25) is 0 Å². The Bertz CT molecular complexity index is 708. The number of hydrogen-bond acceptors (Lipinski definition) is 5. The second-order valence-electron chi connectivity index (χ2n) is 7.72. The molecule has 1 aliphatic carbocycles. The molecular formula is C20H28N4OS. The van der Waals surface area contributed by atoms with Crippen LogP contribution in [0.5, 0.6) is 0 Å². The fourth-order valence-corrected chi connectivity index (χ4v) is 4.24. The van der Waals surface area contributed by atoms with Crippen LogP contribution >= 0.6 is 11.8 Å². The first-order chi connectivity index (χ1) is 12.7. The molecule has 1 atom stereocenters. The van der Waals surface area contributed by atoms with Gasteiger partial charge in [0.2, 0.25) is 5.16 Å². The average molecular weight is 373 g/mol. The first-order valence-corrected chi connectivity index (χ1v) is 10.7. The maximum absolute atomic E-state index is 10.4. The van der Waals surface area contributed by atoms with Gasteiger partial charge < -0.3 is 10.0 Å². The van der Waals surface area contributed by atoms with Gasteiger partial charge >= 0.3 is 0 Å². The van der Waals surface area contributed by atoms with Gasteiger partial charge in [0.1, 0.15) is 5.82 Å². The number of aromatic nitrogens is 3. The molecule has 0 amide bonds. The normalized spacial score (nSPS) is 20.4. The van der Waals surface area contributed by atoms with Gasteiger partial charge in [0.15, 0.2) is 0 Å². The van der Waals surface area contributed by atoms with Crippen molar-refractivity contribution in [2.45, 2.75) is 49.8 Å². The van der Waals surface area contributed by atoms with Gasteiger partial charge in [-0.2, -0.15) is 0 Å². The number of thioether (sulfide) groups is 1. The number of aliphatic hydroxyl groups excluding tert-OH is 1. The third kappa shape index (κ3) is 4.48. The van der Waals surface area contributed by atoms with Crippen LogP contribution in [0.25, 0.3) is 5.69 Å². The van der Waals surface area contributed by atoms with Gasteiger partial charge in [-0.3, -0.25) is 0 Å². The van der Waals surface area contributed by atoms with E-state index in [0.29, 0.717) is 11.7 Å². The Hall–Kier alpha value is -1.37. The number of nitrogens with zero attached hydrogens (tertiary/aromatic N) is 4. The first-order valence-electron chi connectivity index (χ1n) is 9.74. The van der Waals surface area contributed by atoms with Crippen LogP contribution < -0.4 is 0 Å². The molecule has 6 heteroatoms. The van der Waals surface area contributed by atoms with Crippen molar-refractivity contribution in [3.8, 4) is 5.69 Å². The Balaban J connectivity index is 1.36. The highest BCUT2D eigenvalue weighted by Crippen LogP contribution is 2.40. The quantitative estimate of drug-likeness (QED) is 0.756. The summed E-state index contributed by atoms with van der Waals surface area (Å²) in [5.41, 5.74) is 1.07. The van der Waals surface area contributed by atoms with Gasteiger partial charge in [0, 0.05) is 18.2 Å². The Labute approximate surface area is 159 Å². The van der Waals surface area contributed by atoms with E-state index in [1.807, 2.05) is 22.9 Å². The van der Waals surface area contributed by atoms with Crippen molar-refractivity contribution in [2.75, 3.05) is 25.4 Å². The smallest absolute Gasteiger partial charge is 0.209 e. The lowest BCUT2D eigenvalue weighted by Crippen LogP contribution is -2.39. The molecule has 0 radical (unpaired) electrons. The van der Waals surface area contributed by atoms with E-state index in [1.54, 1.807) is 11.8 Å². The SMILES string of the molecule is CC1CCN(CC(O)CSc2nc(C3CC3)n(-c3ccccc3)n2)CC1. The van der Waals surface area contributed by atoms with Gasteiger partial charge in [-0.1, -0.05) is 36.9 Å². The number of aliphatic hydroxyl groups is 1. The third-order valence-corrected chi connectivity index (χ3v) is 6.29. The van der Waals surface area contributed by atoms with Crippen LogP contribution in [-0.4, -0.2) is 56.3 Å². The van der Waals surface area contributed by atoms with Crippen LogP contribution in [0.1, 0.15) is 44.3 Å². The number of β-amino-alcohol motifs (C(OH)–C–C–N with tert-alkyl or cyclic N) is 1. The highest BCUT2D eigenvalue weighted by Gasteiger charge is 2.30. The number of benzene rings is 1. The van der Waals surface area contributed by atoms with Gasteiger partial charge in [-0.25, -0.2) is 9.67 Å². The Morgan fingerprint density at radius 2 is 1.88 bits per heavy atom. The molecule has 2 aromatic rings. The maximum Gasteiger partial charge on any atom is 0.209 e. The second kappa shape index (κ2) is 8.11. The molecular weight excluding hydrogens is 344 g/mol. The fourth-order valence-electron chi connectivity index (χ4n) is 3.50. The molecule has 1 aliphatic heterocycles. The number of likely N-dealkylation sites (tertiary alicyclic amines) is 1. The van der Waals surface area contributed by atoms with E-state index in [1.165, 1.54) is 25.7 Å². The summed E-state index contributed by atoms with van der Waals surface area (Å²) in [5, 5.41) is 15.9. The van der Waals surface area contributed by atoms with E-state index in [9.17, 15) is 5.11 Å². The molecule has 1 unspecified atom stereocenters. The topological polar surface area (TPSA) is 54.2 Å². The fraction of sp³-hybridized carbons (Fsp3) is 0.600. The zero-order valence-electron chi connectivity index (χ0n) is 15.4. The number of para-hydroxylation sites is 1. The summed E-state index contributed by atoms with van der Waals surface area (Å²) in [7, 11) is 0. The monoisotopic (exact) mass is 372 g/mol. The molecule has 140 valence electrons. The summed E-state index contributed by atoms with van der Waals surface area (Å²) < 4.78 is 1.98. The molecule has 26 heavy (non-hydrogen) atoms. The van der Waals surface area contributed by atoms with Crippen molar-refractivity contribution in [2.24, 2.45) is 5.92 Å². The van der Waals surface area contributed by atoms with Crippen molar-refractivity contribution < 1.29 is 5.11 Å². The van der Waals surface area contributed by atoms with Crippen LogP contribution in [0.15, 0.2) is 35.5 Å². The minimum Gasteiger partial charge on any atom is -0.391 e. The first kappa shape index (κ1) is 18.0. The minimum absolute atomic E-state index is 0.332. The van der Waals surface area contributed by atoms with E-state index < -0.39 is 0 Å². The number of hydrogen-bond donors (Lipinski definition) is 1. The lowest BCUT2D eigenvalue weighted by molar-refractivity contribution is 0.105. The van der Waals surface area contributed by atoms with E-state index in [-0.39, 0.29) is 6.10 Å². The Morgan fingerprint density at radius 1 is 1.15 bits per heavy atom. The Morgan fingerprint density at radius 3 is 2.58 bits per heavy atom. The van der Waals surface area contributed by atoms with Crippen molar-refractivity contribution in [3.05, 3.63) is 36.2 Å². The Kier molecular flexibility index (Phi) is 5.62. The van der Waals surface area contributed by atoms with Crippen molar-refractivity contribution in [1.82, 2.24) is 19.7 Å². The lowest BCUT2D eigenvalue weighted by atomic mass is 9.99. The van der Waals surface area contributed by atoms with Crippen LogP contribution in [-0.2, 0) is 0 Å². The standard InChI is InChI=1S/C20H28N4OS/c1-15-9-11-23(12-10-15)13-18(25)14-26-20-21-19(16-7-8-16)24(22-20)17-5-3-2-4-6-17/h2-6,15-16,18,25H,7-14H2,1H3. The van der Waals surface area contributed by atoms with Crippen LogP contribution in [0.3, 0.4) is 0 Å². The van der Waals surface area contributed by atoms with E-state index in [4.69, 9.17) is 10.1 Å². The van der Waals surface area contributed by atoms with Crippen molar-refractivity contribution in [1.29, 1.82) is 0 Å². The zero-order chi connectivity index (χ0) is 17.9. The largest absolute Gasteiger partial charge is 0.391 e. The molecule has 1 aromatic heterocycles. The summed E-state index contributed by atoms with van der Waals surface area (Å²) in [4.78, 5) is 7.15. The lowest BCUT2D eigenvalue weighted by Gasteiger charge is -2.31. The number of piperidine rings is 1. The molecule has 2 heterocycles. The molecule has 2 aliphatic rings. The third-order valence-electron chi connectivity index (χ3n) is 5.31. The molecule has 1 saturated carbocycles. The molecule has 0 bridgehead atoms. The number of rotatable bonds is 7. The second-order valence-corrected chi connectivity index (χ2v) is 8.71. The minimum atomic E-state index is -0.332. The van der Waals surface area contributed by atoms with Crippen molar-refractivity contribution >= 4 is 11.8 Å². The molecule has 1 N–H and O–H groups in total. The van der Waals surface area contributed by atoms with Crippen LogP contribution in [0.4, 0.5) is 0 Å². The van der Waals surface area contributed by atoms with E-state index in [2.05, 4.69) is 24.0 Å². The highest BCUT2D eigenvalue weighted by molar-refractivity contribution is 7.99. The predicted molar refractivity (Wildman–Crippen MR) is 105 cm³/mol. The van der Waals surface area contributed by atoms with Crippen LogP contribution in [0, 0.1) is 5.92 Å². The van der Waals surface area contributed by atoms with E-state index in [0.717, 1.165) is 42.2 Å². The van der Waals surface area contributed by atoms with Gasteiger partial charge in [0.25, 0.3) is 0 Å². The summed E-state index contributed by atoms with van der Waals surface area (Å²) in [6, 6.07) is 10.2. The molecule has 2 fully saturated rings. The van der Waals surface area contributed by atoms with Gasteiger partial charge in [-0.05, 0) is 56.8 Å². The predicted octanol–water partition coefficient (Wildman–Crippen LogP) is 3.33. The van der Waals surface area contributed by atoms with E-state index >= 15 is 0 Å². The van der Waals surface area contributed by atoms with Crippen molar-refractivity contribution in [3.63, 3.8) is 0 Å². The van der Waals surface area contributed by atoms with Gasteiger partial charge in [0.05, 0.1) is 11.8 Å².